The summed E-state index contributed by atoms with van der Waals surface area (Å²) in [5.74, 6) is 0.470. The molecule has 124 valence electrons. The van der Waals surface area contributed by atoms with Gasteiger partial charge in [0.1, 0.15) is 5.75 Å². The molecule has 1 aromatic heterocycles. The van der Waals surface area contributed by atoms with Crippen molar-refractivity contribution in [1.82, 2.24) is 15.1 Å². The second-order valence-corrected chi connectivity index (χ2v) is 7.75. The van der Waals surface area contributed by atoms with Gasteiger partial charge in [0.25, 0.3) is 5.91 Å². The minimum atomic E-state index is -2.13. The number of rotatable bonds is 6. The first-order chi connectivity index (χ1) is 10.9. The molecule has 2 rings (SSSR count). The van der Waals surface area contributed by atoms with Crippen molar-refractivity contribution >= 4 is 15.6 Å². The summed E-state index contributed by atoms with van der Waals surface area (Å²) in [6.45, 7) is 0.643. The fourth-order valence-corrected chi connectivity index (χ4v) is 2.38. The lowest BCUT2D eigenvalue weighted by Gasteiger charge is -2.03. The molecule has 0 aliphatic carbocycles. The van der Waals surface area contributed by atoms with Crippen LogP contribution in [0.25, 0.3) is 5.69 Å². The van der Waals surface area contributed by atoms with E-state index in [4.69, 9.17) is 4.74 Å². The SMILES string of the molecule is COc1ccc(-n2ccc(C(=O)NCCN=S(C)(C)=O)n2)cc1. The standard InChI is InChI=1S/C15H20N4O3S/c1-22-13-6-4-12(5-7-13)19-11-8-14(18-19)15(20)16-9-10-17-23(2,3)21/h4-8,11H,9-10H2,1-3H3,(H,16,20). The largest absolute Gasteiger partial charge is 0.497 e. The number of ether oxygens (including phenoxy) is 1. The molecule has 0 saturated carbocycles. The summed E-state index contributed by atoms with van der Waals surface area (Å²) in [7, 11) is -0.526. The van der Waals surface area contributed by atoms with Gasteiger partial charge in [-0.2, -0.15) is 5.10 Å². The van der Waals surface area contributed by atoms with E-state index in [1.54, 1.807) is 36.6 Å². The molecule has 7 nitrogen and oxygen atoms in total. The predicted octanol–water partition coefficient (Wildman–Crippen LogP) is 1.34. The minimum Gasteiger partial charge on any atom is -0.497 e. The lowest BCUT2D eigenvalue weighted by Crippen LogP contribution is -2.26. The summed E-state index contributed by atoms with van der Waals surface area (Å²) in [4.78, 5) is 12.0. The summed E-state index contributed by atoms with van der Waals surface area (Å²) < 4.78 is 22.1. The van der Waals surface area contributed by atoms with Gasteiger partial charge in [0.15, 0.2) is 5.69 Å². The van der Waals surface area contributed by atoms with E-state index in [1.807, 2.05) is 24.3 Å². The zero-order chi connectivity index (χ0) is 16.9. The van der Waals surface area contributed by atoms with Crippen LogP contribution < -0.4 is 10.1 Å². The van der Waals surface area contributed by atoms with Crippen LogP contribution in [0.3, 0.4) is 0 Å². The van der Waals surface area contributed by atoms with E-state index in [0.29, 0.717) is 18.8 Å². The van der Waals surface area contributed by atoms with Gasteiger partial charge in [-0.1, -0.05) is 0 Å². The van der Waals surface area contributed by atoms with Crippen molar-refractivity contribution in [3.05, 3.63) is 42.2 Å². The van der Waals surface area contributed by atoms with Crippen molar-refractivity contribution in [2.45, 2.75) is 0 Å². The fourth-order valence-electron chi connectivity index (χ4n) is 1.85. The second kappa shape index (κ2) is 7.28. The van der Waals surface area contributed by atoms with Crippen molar-refractivity contribution in [3.8, 4) is 11.4 Å². The van der Waals surface area contributed by atoms with Crippen LogP contribution in [0.4, 0.5) is 0 Å². The highest BCUT2D eigenvalue weighted by atomic mass is 32.2. The van der Waals surface area contributed by atoms with Gasteiger partial charge in [0.05, 0.1) is 19.3 Å². The number of carbonyl (C=O) groups excluding carboxylic acids is 1. The van der Waals surface area contributed by atoms with E-state index in [0.717, 1.165) is 11.4 Å². The maximum Gasteiger partial charge on any atom is 0.271 e. The van der Waals surface area contributed by atoms with Gasteiger partial charge in [-0.15, -0.1) is 0 Å². The average molecular weight is 336 g/mol. The summed E-state index contributed by atoms with van der Waals surface area (Å²) >= 11 is 0. The molecule has 1 heterocycles. The number of benzene rings is 1. The maximum absolute atomic E-state index is 12.0. The second-order valence-electron chi connectivity index (χ2n) is 5.13. The molecule has 0 fully saturated rings. The van der Waals surface area contributed by atoms with Crippen LogP contribution in [-0.2, 0) is 9.73 Å². The molecule has 0 saturated heterocycles. The van der Waals surface area contributed by atoms with Gasteiger partial charge < -0.3 is 10.1 Å². The molecule has 1 amide bonds. The highest BCUT2D eigenvalue weighted by molar-refractivity contribution is 7.92. The molecule has 0 aliphatic rings. The molecule has 0 unspecified atom stereocenters. The zero-order valence-corrected chi connectivity index (χ0v) is 14.2. The molecule has 8 heteroatoms. The zero-order valence-electron chi connectivity index (χ0n) is 13.4. The number of methoxy groups -OCH3 is 1. The Kier molecular flexibility index (Phi) is 5.38. The van der Waals surface area contributed by atoms with E-state index in [2.05, 4.69) is 14.8 Å². The van der Waals surface area contributed by atoms with Gasteiger partial charge in [0, 0.05) is 35.0 Å². The Bertz CT molecular complexity index is 781. The summed E-state index contributed by atoms with van der Waals surface area (Å²) in [5.41, 5.74) is 1.14. The highest BCUT2D eigenvalue weighted by Crippen LogP contribution is 2.14. The first kappa shape index (κ1) is 17.0. The molecule has 2 aromatic rings. The molecule has 23 heavy (non-hydrogen) atoms. The van der Waals surface area contributed by atoms with Gasteiger partial charge in [-0.3, -0.25) is 9.00 Å². The Morgan fingerprint density at radius 2 is 2.00 bits per heavy atom. The molecule has 0 atom stereocenters. The number of aromatic nitrogens is 2. The van der Waals surface area contributed by atoms with Crippen molar-refractivity contribution in [3.63, 3.8) is 0 Å². The van der Waals surface area contributed by atoms with E-state index in [1.165, 1.54) is 0 Å². The minimum absolute atomic E-state index is 0.286. The van der Waals surface area contributed by atoms with Crippen molar-refractivity contribution in [2.75, 3.05) is 32.7 Å². The van der Waals surface area contributed by atoms with Crippen LogP contribution in [0.2, 0.25) is 0 Å². The third-order valence-electron chi connectivity index (χ3n) is 2.96. The number of amides is 1. The Labute approximate surface area is 135 Å². The number of hydrogen-bond acceptors (Lipinski definition) is 5. The quantitative estimate of drug-likeness (QED) is 0.807. The van der Waals surface area contributed by atoms with Crippen molar-refractivity contribution in [2.24, 2.45) is 4.36 Å². The lowest BCUT2D eigenvalue weighted by molar-refractivity contribution is 0.0949. The Hall–Kier alpha value is -2.35. The maximum atomic E-state index is 12.0. The Morgan fingerprint density at radius 1 is 1.30 bits per heavy atom. The predicted molar refractivity (Wildman–Crippen MR) is 89.7 cm³/mol. The molecular weight excluding hydrogens is 316 g/mol. The van der Waals surface area contributed by atoms with Crippen molar-refractivity contribution < 1.29 is 13.7 Å². The average Bonchev–Trinajstić information content (AvgIpc) is 3.00. The van der Waals surface area contributed by atoms with E-state index < -0.39 is 9.73 Å². The van der Waals surface area contributed by atoms with Crippen LogP contribution in [0.15, 0.2) is 40.9 Å². The molecule has 1 N–H and O–H groups in total. The van der Waals surface area contributed by atoms with Crippen LogP contribution in [-0.4, -0.2) is 52.6 Å². The smallest absolute Gasteiger partial charge is 0.271 e. The number of hydrogen-bond donors (Lipinski definition) is 1. The normalized spacial score (nSPS) is 11.1. The van der Waals surface area contributed by atoms with Gasteiger partial charge in [-0.25, -0.2) is 9.04 Å². The number of nitrogens with one attached hydrogen (secondary N) is 1. The van der Waals surface area contributed by atoms with E-state index in [9.17, 15) is 9.00 Å². The summed E-state index contributed by atoms with van der Waals surface area (Å²) in [5, 5.41) is 6.94. The lowest BCUT2D eigenvalue weighted by atomic mass is 10.3. The van der Waals surface area contributed by atoms with Crippen LogP contribution in [0.1, 0.15) is 10.5 Å². The highest BCUT2D eigenvalue weighted by Gasteiger charge is 2.09. The molecule has 0 radical (unpaired) electrons. The Balaban J connectivity index is 1.98. The van der Waals surface area contributed by atoms with E-state index in [-0.39, 0.29) is 5.91 Å². The van der Waals surface area contributed by atoms with Gasteiger partial charge >= 0.3 is 0 Å². The van der Waals surface area contributed by atoms with Crippen molar-refractivity contribution in [1.29, 1.82) is 0 Å². The summed E-state index contributed by atoms with van der Waals surface area (Å²) in [6, 6.07) is 8.99. The first-order valence-electron chi connectivity index (χ1n) is 7.00. The van der Waals surface area contributed by atoms with E-state index >= 15 is 0 Å². The first-order valence-corrected chi connectivity index (χ1v) is 9.33. The fraction of sp³-hybridized carbons (Fsp3) is 0.333. The van der Waals surface area contributed by atoms with Gasteiger partial charge in [-0.05, 0) is 30.3 Å². The molecule has 1 aromatic carbocycles. The van der Waals surface area contributed by atoms with Crippen LogP contribution >= 0.6 is 0 Å². The van der Waals surface area contributed by atoms with Crippen LogP contribution in [0.5, 0.6) is 5.75 Å². The van der Waals surface area contributed by atoms with Crippen LogP contribution in [0, 0.1) is 0 Å². The summed E-state index contributed by atoms with van der Waals surface area (Å²) in [6.07, 6.45) is 4.84. The Morgan fingerprint density at radius 3 is 2.61 bits per heavy atom. The third-order valence-corrected chi connectivity index (χ3v) is 3.76. The number of carbonyl (C=O) groups is 1. The molecule has 0 spiro atoms. The molecule has 0 aliphatic heterocycles. The van der Waals surface area contributed by atoms with Gasteiger partial charge in [0.2, 0.25) is 0 Å². The number of nitrogens with zero attached hydrogens (tertiary/aromatic N) is 3. The molecule has 0 bridgehead atoms. The topological polar surface area (TPSA) is 85.6 Å². The molecular formula is C15H20N4O3S. The monoisotopic (exact) mass is 336 g/mol. The third kappa shape index (κ3) is 5.10.